The predicted octanol–water partition coefficient (Wildman–Crippen LogP) is 2.21. The van der Waals surface area contributed by atoms with Gasteiger partial charge in [-0.3, -0.25) is 10.1 Å². The SMILES string of the molecule is CN1CCN(S(=O)(=O)c2ccc(NC(=S)NC(=O)C=Cc3cccs3)cc2)CC1. The first-order chi connectivity index (χ1) is 13.8. The molecule has 0 spiro atoms. The van der Waals surface area contributed by atoms with Crippen molar-refractivity contribution in [2.45, 2.75) is 4.90 Å². The highest BCUT2D eigenvalue weighted by atomic mass is 32.2. The number of sulfonamides is 1. The van der Waals surface area contributed by atoms with E-state index in [-0.39, 0.29) is 15.9 Å². The molecule has 10 heteroatoms. The molecule has 2 N–H and O–H groups in total. The standard InChI is InChI=1S/C19H22N4O3S3/c1-22-10-12-23(13-11-22)29(25,26)17-7-4-15(5-8-17)20-19(27)21-18(24)9-6-16-3-2-14-28-16/h2-9,14H,10-13H2,1H3,(H2,20,21,24,27). The maximum atomic E-state index is 12.7. The summed E-state index contributed by atoms with van der Waals surface area (Å²) in [5.74, 6) is -0.342. The number of nitrogens with zero attached hydrogens (tertiary/aromatic N) is 2. The maximum Gasteiger partial charge on any atom is 0.250 e. The summed E-state index contributed by atoms with van der Waals surface area (Å²) in [4.78, 5) is 15.2. The number of piperazine rings is 1. The second-order valence-corrected chi connectivity index (χ2v) is 9.85. The first kappa shape index (κ1) is 21.6. The minimum atomic E-state index is -3.51. The smallest absolute Gasteiger partial charge is 0.250 e. The first-order valence-electron chi connectivity index (χ1n) is 8.97. The zero-order valence-corrected chi connectivity index (χ0v) is 18.3. The summed E-state index contributed by atoms with van der Waals surface area (Å²) in [6.45, 7) is 2.39. The Bertz CT molecular complexity index is 978. The zero-order valence-electron chi connectivity index (χ0n) is 15.9. The molecule has 1 saturated heterocycles. The molecule has 0 atom stereocenters. The molecule has 29 heavy (non-hydrogen) atoms. The summed E-state index contributed by atoms with van der Waals surface area (Å²) in [7, 11) is -1.53. The number of benzene rings is 1. The van der Waals surface area contributed by atoms with Gasteiger partial charge in [0.05, 0.1) is 4.90 Å². The van der Waals surface area contributed by atoms with E-state index >= 15 is 0 Å². The van der Waals surface area contributed by atoms with Crippen LogP contribution < -0.4 is 10.6 Å². The summed E-state index contributed by atoms with van der Waals surface area (Å²) < 4.78 is 27.0. The molecule has 0 aliphatic carbocycles. The van der Waals surface area contributed by atoms with Crippen LogP contribution in [0.25, 0.3) is 6.08 Å². The van der Waals surface area contributed by atoms with Crippen molar-refractivity contribution in [3.8, 4) is 0 Å². The molecule has 1 aliphatic heterocycles. The normalized spacial score (nSPS) is 16.0. The van der Waals surface area contributed by atoms with Crippen LogP contribution in [-0.4, -0.2) is 61.9 Å². The molecule has 1 amide bonds. The van der Waals surface area contributed by atoms with Gasteiger partial charge in [-0.15, -0.1) is 11.3 Å². The number of hydrogen-bond acceptors (Lipinski definition) is 6. The molecule has 0 radical (unpaired) electrons. The number of likely N-dealkylation sites (N-methyl/N-ethyl adjacent to an activating group) is 1. The van der Waals surface area contributed by atoms with Crippen molar-refractivity contribution < 1.29 is 13.2 Å². The van der Waals surface area contributed by atoms with Gasteiger partial charge in [0.1, 0.15) is 0 Å². The predicted molar refractivity (Wildman–Crippen MR) is 120 cm³/mol. The van der Waals surface area contributed by atoms with E-state index in [2.05, 4.69) is 15.5 Å². The molecule has 7 nitrogen and oxygen atoms in total. The Morgan fingerprint density at radius 1 is 1.14 bits per heavy atom. The van der Waals surface area contributed by atoms with E-state index in [0.717, 1.165) is 4.88 Å². The Kier molecular flexibility index (Phi) is 7.14. The van der Waals surface area contributed by atoms with Crippen molar-refractivity contribution in [3.05, 3.63) is 52.7 Å². The molecule has 2 heterocycles. The largest absolute Gasteiger partial charge is 0.332 e. The Balaban J connectivity index is 1.55. The van der Waals surface area contributed by atoms with Crippen molar-refractivity contribution >= 4 is 56.4 Å². The number of carbonyl (C=O) groups is 1. The van der Waals surface area contributed by atoms with Crippen LogP contribution in [0.5, 0.6) is 0 Å². The number of hydrogen-bond donors (Lipinski definition) is 2. The average Bonchev–Trinajstić information content (AvgIpc) is 3.21. The Labute approximate surface area is 180 Å². The number of rotatable bonds is 5. The first-order valence-corrected chi connectivity index (χ1v) is 11.7. The van der Waals surface area contributed by atoms with Gasteiger partial charge in [0.25, 0.3) is 0 Å². The summed E-state index contributed by atoms with van der Waals surface area (Å²) >= 11 is 6.67. The Hall–Kier alpha value is -2.11. The molecule has 0 unspecified atom stereocenters. The monoisotopic (exact) mass is 450 g/mol. The van der Waals surface area contributed by atoms with Crippen LogP contribution in [0.3, 0.4) is 0 Å². The van der Waals surface area contributed by atoms with Gasteiger partial charge >= 0.3 is 0 Å². The third-order valence-electron chi connectivity index (χ3n) is 4.39. The quantitative estimate of drug-likeness (QED) is 0.537. The van der Waals surface area contributed by atoms with Crippen molar-refractivity contribution in [2.75, 3.05) is 38.5 Å². The van der Waals surface area contributed by atoms with E-state index in [4.69, 9.17) is 12.2 Å². The highest BCUT2D eigenvalue weighted by Gasteiger charge is 2.27. The number of thiophene rings is 1. The van der Waals surface area contributed by atoms with E-state index in [0.29, 0.717) is 31.9 Å². The molecule has 1 aromatic carbocycles. The van der Waals surface area contributed by atoms with Crippen LogP contribution in [0.4, 0.5) is 5.69 Å². The average molecular weight is 451 g/mol. The van der Waals surface area contributed by atoms with Crippen molar-refractivity contribution in [1.82, 2.24) is 14.5 Å². The minimum Gasteiger partial charge on any atom is -0.332 e. The van der Waals surface area contributed by atoms with Gasteiger partial charge in [0.15, 0.2) is 5.11 Å². The number of amides is 1. The summed E-state index contributed by atoms with van der Waals surface area (Å²) in [5, 5.41) is 7.51. The number of thiocarbonyl (C=S) groups is 1. The molecule has 0 bridgehead atoms. The molecule has 0 saturated carbocycles. The van der Waals surface area contributed by atoms with Gasteiger partial charge in [-0.05, 0) is 61.1 Å². The number of nitrogens with one attached hydrogen (secondary N) is 2. The van der Waals surface area contributed by atoms with E-state index in [1.54, 1.807) is 18.2 Å². The van der Waals surface area contributed by atoms with E-state index in [9.17, 15) is 13.2 Å². The Morgan fingerprint density at radius 3 is 2.45 bits per heavy atom. The van der Waals surface area contributed by atoms with Crippen LogP contribution in [0.2, 0.25) is 0 Å². The fourth-order valence-electron chi connectivity index (χ4n) is 2.75. The third-order valence-corrected chi connectivity index (χ3v) is 7.35. The molecule has 1 fully saturated rings. The molecular weight excluding hydrogens is 428 g/mol. The second kappa shape index (κ2) is 9.59. The Morgan fingerprint density at radius 2 is 1.83 bits per heavy atom. The maximum absolute atomic E-state index is 12.7. The van der Waals surface area contributed by atoms with Gasteiger partial charge in [0.2, 0.25) is 15.9 Å². The van der Waals surface area contributed by atoms with Crippen LogP contribution in [-0.2, 0) is 14.8 Å². The highest BCUT2D eigenvalue weighted by molar-refractivity contribution is 7.89. The summed E-state index contributed by atoms with van der Waals surface area (Å²) in [6.07, 6.45) is 3.12. The van der Waals surface area contributed by atoms with Gasteiger partial charge in [0, 0.05) is 42.8 Å². The molecule has 1 aliphatic rings. The lowest BCUT2D eigenvalue weighted by atomic mass is 10.3. The number of carbonyl (C=O) groups excluding carboxylic acids is 1. The van der Waals surface area contributed by atoms with Crippen molar-refractivity contribution in [3.63, 3.8) is 0 Å². The van der Waals surface area contributed by atoms with Crippen molar-refractivity contribution in [1.29, 1.82) is 0 Å². The van der Waals surface area contributed by atoms with Gasteiger partial charge in [-0.2, -0.15) is 4.31 Å². The van der Waals surface area contributed by atoms with Crippen LogP contribution in [0, 0.1) is 0 Å². The molecule has 2 aromatic rings. The highest BCUT2D eigenvalue weighted by Crippen LogP contribution is 2.19. The van der Waals surface area contributed by atoms with E-state index < -0.39 is 10.0 Å². The summed E-state index contributed by atoms with van der Waals surface area (Å²) in [5.41, 5.74) is 0.592. The molecular formula is C19H22N4O3S3. The minimum absolute atomic E-state index is 0.139. The van der Waals surface area contributed by atoms with Crippen LogP contribution in [0.1, 0.15) is 4.88 Å². The summed E-state index contributed by atoms with van der Waals surface area (Å²) in [6, 6.07) is 10.1. The molecule has 154 valence electrons. The third kappa shape index (κ3) is 5.94. The van der Waals surface area contributed by atoms with Crippen molar-refractivity contribution in [2.24, 2.45) is 0 Å². The molecule has 3 rings (SSSR count). The lowest BCUT2D eigenvalue weighted by molar-refractivity contribution is -0.115. The lowest BCUT2D eigenvalue weighted by Gasteiger charge is -2.31. The van der Waals surface area contributed by atoms with E-state index in [1.807, 2.05) is 24.6 Å². The topological polar surface area (TPSA) is 81.8 Å². The van der Waals surface area contributed by atoms with Gasteiger partial charge < -0.3 is 10.2 Å². The molecule has 1 aromatic heterocycles. The fourth-order valence-corrected chi connectivity index (χ4v) is 5.01. The van der Waals surface area contributed by atoms with Crippen LogP contribution in [0.15, 0.2) is 52.7 Å². The second-order valence-electron chi connectivity index (χ2n) is 6.52. The van der Waals surface area contributed by atoms with Gasteiger partial charge in [-0.1, -0.05) is 6.07 Å². The lowest BCUT2D eigenvalue weighted by Crippen LogP contribution is -2.46. The zero-order chi connectivity index (χ0) is 20.9. The van der Waals surface area contributed by atoms with Gasteiger partial charge in [-0.25, -0.2) is 8.42 Å². The fraction of sp³-hybridized carbons (Fsp3) is 0.263. The van der Waals surface area contributed by atoms with E-state index in [1.165, 1.54) is 33.9 Å². The number of anilines is 1. The van der Waals surface area contributed by atoms with Crippen LogP contribution >= 0.6 is 23.6 Å².